The molecule has 1 aromatic heterocycles. The molecule has 2 radical (unpaired) electrons. The molecule has 0 bridgehead atoms. The monoisotopic (exact) mass is 191 g/mol. The molecule has 0 atom stereocenters. The molecule has 0 unspecified atom stereocenters. The van der Waals surface area contributed by atoms with Crippen molar-refractivity contribution in [3.63, 3.8) is 0 Å². The third-order valence-electron chi connectivity index (χ3n) is 2.16. The number of nitrogens with zero attached hydrogens (tertiary/aromatic N) is 5. The zero-order valence-corrected chi connectivity index (χ0v) is 8.81. The lowest BCUT2D eigenvalue weighted by molar-refractivity contribution is 1.03. The van der Waals surface area contributed by atoms with Crippen LogP contribution in [0.4, 0.5) is 17.3 Å². The minimum Gasteiger partial charge on any atom is -0.361 e. The van der Waals surface area contributed by atoms with Crippen molar-refractivity contribution in [2.75, 3.05) is 42.9 Å². The van der Waals surface area contributed by atoms with Crippen molar-refractivity contribution in [3.8, 4) is 0 Å². The van der Waals surface area contributed by atoms with Crippen LogP contribution in [0.5, 0.6) is 0 Å². The van der Waals surface area contributed by atoms with E-state index in [4.69, 9.17) is 0 Å². The van der Waals surface area contributed by atoms with Gasteiger partial charge in [0.2, 0.25) is 6.67 Å². The quantitative estimate of drug-likeness (QED) is 0.643. The Balaban J connectivity index is 2.56. The second kappa shape index (κ2) is 3.01. The van der Waals surface area contributed by atoms with Gasteiger partial charge in [-0.1, -0.05) is 0 Å². The lowest BCUT2D eigenvalue weighted by atomic mass is 10.4. The Labute approximate surface area is 84.0 Å². The van der Waals surface area contributed by atoms with E-state index in [9.17, 15) is 0 Å². The minimum absolute atomic E-state index is 0.895. The van der Waals surface area contributed by atoms with Gasteiger partial charge in [-0.2, -0.15) is 0 Å². The molecule has 0 N–H and O–H groups in total. The Bertz CT molecular complexity index is 349. The third kappa shape index (κ3) is 1.16. The molecule has 0 saturated carbocycles. The highest BCUT2D eigenvalue weighted by Gasteiger charge is 2.27. The van der Waals surface area contributed by atoms with Crippen molar-refractivity contribution in [1.29, 1.82) is 0 Å². The molecule has 2 rings (SSSR count). The van der Waals surface area contributed by atoms with Gasteiger partial charge >= 0.3 is 0 Å². The first-order valence-corrected chi connectivity index (χ1v) is 4.37. The summed E-state index contributed by atoms with van der Waals surface area (Å²) in [4.78, 5) is 14.2. The second-order valence-electron chi connectivity index (χ2n) is 3.48. The molecule has 5 heteroatoms. The number of hydrogen-bond acceptors (Lipinski definition) is 5. The Morgan fingerprint density at radius 2 is 1.93 bits per heavy atom. The highest BCUT2D eigenvalue weighted by Crippen LogP contribution is 2.39. The summed E-state index contributed by atoms with van der Waals surface area (Å²) < 4.78 is 0. The minimum atomic E-state index is 0.895. The van der Waals surface area contributed by atoms with E-state index >= 15 is 0 Å². The molecule has 0 saturated heterocycles. The van der Waals surface area contributed by atoms with Gasteiger partial charge in [0.15, 0.2) is 11.6 Å². The van der Waals surface area contributed by atoms with Gasteiger partial charge in [-0.3, -0.25) is 0 Å². The number of anilines is 3. The van der Waals surface area contributed by atoms with E-state index in [1.54, 1.807) is 6.33 Å². The zero-order chi connectivity index (χ0) is 10.3. The van der Waals surface area contributed by atoms with Crippen molar-refractivity contribution in [3.05, 3.63) is 13.0 Å². The maximum absolute atomic E-state index is 4.24. The zero-order valence-electron chi connectivity index (χ0n) is 8.81. The molecule has 1 aliphatic rings. The number of rotatable bonds is 1. The largest absolute Gasteiger partial charge is 0.361 e. The van der Waals surface area contributed by atoms with Gasteiger partial charge in [0.25, 0.3) is 0 Å². The normalized spacial score (nSPS) is 14.6. The molecule has 0 spiro atoms. The Morgan fingerprint density at radius 3 is 2.57 bits per heavy atom. The van der Waals surface area contributed by atoms with Crippen LogP contribution in [0.1, 0.15) is 0 Å². The SMILES string of the molecule is CN(C)c1ncnc2c1N(C)[C]N2C. The van der Waals surface area contributed by atoms with Crippen molar-refractivity contribution < 1.29 is 0 Å². The van der Waals surface area contributed by atoms with Crippen LogP contribution in [0.15, 0.2) is 6.33 Å². The van der Waals surface area contributed by atoms with Gasteiger partial charge in [0.1, 0.15) is 12.0 Å². The first-order chi connectivity index (χ1) is 6.61. The Hall–Kier alpha value is -1.52. The van der Waals surface area contributed by atoms with E-state index in [1.807, 2.05) is 42.9 Å². The van der Waals surface area contributed by atoms with Crippen molar-refractivity contribution >= 4 is 17.3 Å². The number of hydrogen-bond donors (Lipinski definition) is 0. The standard InChI is InChI=1S/C9H13N5/c1-12(2)8-7-9(11-5-10-8)14(4)6-13(7)3/h5H,1-4H3. The lowest BCUT2D eigenvalue weighted by Gasteiger charge is -2.17. The fourth-order valence-corrected chi connectivity index (χ4v) is 1.56. The van der Waals surface area contributed by atoms with Gasteiger partial charge in [0.05, 0.1) is 0 Å². The molecule has 2 heterocycles. The van der Waals surface area contributed by atoms with E-state index in [-0.39, 0.29) is 0 Å². The summed E-state index contributed by atoms with van der Waals surface area (Å²) >= 11 is 0. The smallest absolute Gasteiger partial charge is 0.209 e. The van der Waals surface area contributed by atoms with Crippen LogP contribution in [-0.2, 0) is 0 Å². The molecule has 1 aliphatic heterocycles. The van der Waals surface area contributed by atoms with Gasteiger partial charge in [-0.15, -0.1) is 0 Å². The lowest BCUT2D eigenvalue weighted by Crippen LogP contribution is -2.18. The molecule has 1 aromatic rings. The summed E-state index contributed by atoms with van der Waals surface area (Å²) in [5.74, 6) is 1.81. The molecule has 14 heavy (non-hydrogen) atoms. The maximum Gasteiger partial charge on any atom is 0.209 e. The number of fused-ring (bicyclic) bond motifs is 1. The van der Waals surface area contributed by atoms with Crippen LogP contribution < -0.4 is 14.7 Å². The predicted octanol–water partition coefficient (Wildman–Crippen LogP) is 0.425. The molecule has 0 aliphatic carbocycles. The van der Waals surface area contributed by atoms with Crippen LogP contribution in [0.2, 0.25) is 0 Å². The molecule has 0 amide bonds. The van der Waals surface area contributed by atoms with E-state index in [1.165, 1.54) is 0 Å². The van der Waals surface area contributed by atoms with Gasteiger partial charge < -0.3 is 14.7 Å². The molecule has 0 aromatic carbocycles. The van der Waals surface area contributed by atoms with E-state index in [0.29, 0.717) is 0 Å². The van der Waals surface area contributed by atoms with E-state index in [2.05, 4.69) is 16.6 Å². The summed E-state index contributed by atoms with van der Waals surface area (Å²) in [6.45, 7) is 3.11. The first kappa shape index (κ1) is 9.05. The Morgan fingerprint density at radius 1 is 1.21 bits per heavy atom. The first-order valence-electron chi connectivity index (χ1n) is 4.37. The predicted molar refractivity (Wildman–Crippen MR) is 56.4 cm³/mol. The van der Waals surface area contributed by atoms with Crippen LogP contribution in [0.3, 0.4) is 0 Å². The molecule has 5 nitrogen and oxygen atoms in total. The fraction of sp³-hybridized carbons (Fsp3) is 0.444. The summed E-state index contributed by atoms with van der Waals surface area (Å²) in [5.41, 5.74) is 1.00. The summed E-state index contributed by atoms with van der Waals surface area (Å²) in [5, 5.41) is 0. The molecular weight excluding hydrogens is 178 g/mol. The van der Waals surface area contributed by atoms with E-state index in [0.717, 1.165) is 17.3 Å². The summed E-state index contributed by atoms with van der Waals surface area (Å²) in [6, 6.07) is 0. The second-order valence-corrected chi connectivity index (χ2v) is 3.48. The molecular formula is C9H13N5. The van der Waals surface area contributed by atoms with Gasteiger partial charge in [-0.25, -0.2) is 9.97 Å². The molecule has 0 fully saturated rings. The highest BCUT2D eigenvalue weighted by molar-refractivity contribution is 5.84. The fourth-order valence-electron chi connectivity index (χ4n) is 1.56. The maximum atomic E-state index is 4.24. The van der Waals surface area contributed by atoms with Crippen LogP contribution in [0, 0.1) is 6.67 Å². The van der Waals surface area contributed by atoms with Crippen LogP contribution >= 0.6 is 0 Å². The summed E-state index contributed by atoms with van der Waals surface area (Å²) in [6.07, 6.45) is 1.57. The summed E-state index contributed by atoms with van der Waals surface area (Å²) in [7, 11) is 7.80. The Kier molecular flexibility index (Phi) is 1.94. The van der Waals surface area contributed by atoms with Gasteiger partial charge in [0, 0.05) is 28.2 Å². The highest BCUT2D eigenvalue weighted by atomic mass is 15.4. The van der Waals surface area contributed by atoms with Crippen LogP contribution in [-0.4, -0.2) is 38.2 Å². The van der Waals surface area contributed by atoms with Gasteiger partial charge in [-0.05, 0) is 0 Å². The average Bonchev–Trinajstić information content (AvgIpc) is 2.43. The topological polar surface area (TPSA) is 35.5 Å². The number of aromatic nitrogens is 2. The van der Waals surface area contributed by atoms with E-state index < -0.39 is 0 Å². The van der Waals surface area contributed by atoms with Crippen LogP contribution in [0.25, 0.3) is 0 Å². The third-order valence-corrected chi connectivity index (χ3v) is 2.16. The van der Waals surface area contributed by atoms with Crippen molar-refractivity contribution in [2.24, 2.45) is 0 Å². The molecule has 74 valence electrons. The average molecular weight is 191 g/mol. The van der Waals surface area contributed by atoms with Crippen molar-refractivity contribution in [2.45, 2.75) is 0 Å². The van der Waals surface area contributed by atoms with Crippen molar-refractivity contribution in [1.82, 2.24) is 9.97 Å².